The molecule has 1 aliphatic heterocycles. The molecule has 28 heavy (non-hydrogen) atoms. The largest absolute Gasteiger partial charge is 0.497 e. The number of piperazine rings is 1. The Balaban J connectivity index is 0.00000280. The van der Waals surface area contributed by atoms with E-state index in [0.717, 1.165) is 23.4 Å². The first-order valence-electron chi connectivity index (χ1n) is 9.10. The summed E-state index contributed by atoms with van der Waals surface area (Å²) in [4.78, 5) is 14.9. The van der Waals surface area contributed by atoms with Crippen LogP contribution in [0.1, 0.15) is 24.1 Å². The second-order valence-electron chi connectivity index (χ2n) is 6.58. The number of carbonyl (C=O) groups excluding carboxylic acids is 1. The Kier molecular flexibility index (Phi) is 8.58. The summed E-state index contributed by atoms with van der Waals surface area (Å²) < 4.78 is 11.1. The second kappa shape index (κ2) is 10.7. The molecule has 7 heteroatoms. The van der Waals surface area contributed by atoms with Crippen molar-refractivity contribution in [3.05, 3.63) is 64.7 Å². The Labute approximate surface area is 177 Å². The second-order valence-corrected chi connectivity index (χ2v) is 6.99. The van der Waals surface area contributed by atoms with Gasteiger partial charge in [0.2, 0.25) is 0 Å². The van der Waals surface area contributed by atoms with Gasteiger partial charge in [0.25, 0.3) is 5.91 Å². The fourth-order valence-electron chi connectivity index (χ4n) is 3.28. The molecule has 2 atom stereocenters. The van der Waals surface area contributed by atoms with Crippen molar-refractivity contribution >= 4 is 29.9 Å². The van der Waals surface area contributed by atoms with Gasteiger partial charge in [0.05, 0.1) is 19.8 Å². The molecule has 1 fully saturated rings. The molecule has 0 spiro atoms. The van der Waals surface area contributed by atoms with Gasteiger partial charge in [0.15, 0.2) is 0 Å². The number of ether oxygens (including phenoxy) is 2. The highest BCUT2D eigenvalue weighted by Crippen LogP contribution is 2.29. The van der Waals surface area contributed by atoms with Crippen LogP contribution in [-0.4, -0.2) is 43.7 Å². The lowest BCUT2D eigenvalue weighted by Gasteiger charge is -2.38. The van der Waals surface area contributed by atoms with Crippen LogP contribution in [0, 0.1) is 0 Å². The zero-order chi connectivity index (χ0) is 19.2. The van der Waals surface area contributed by atoms with Crippen LogP contribution in [0.4, 0.5) is 0 Å². The third-order valence-corrected chi connectivity index (χ3v) is 5.12. The van der Waals surface area contributed by atoms with Crippen LogP contribution >= 0.6 is 24.0 Å². The predicted octanol–water partition coefficient (Wildman–Crippen LogP) is 3.85. The summed E-state index contributed by atoms with van der Waals surface area (Å²) in [7, 11) is 1.63. The molecule has 0 saturated carbocycles. The number of hydrogen-bond acceptors (Lipinski definition) is 4. The molecule has 2 aromatic carbocycles. The van der Waals surface area contributed by atoms with Gasteiger partial charge in [0.1, 0.15) is 11.9 Å². The number of halogens is 2. The summed E-state index contributed by atoms with van der Waals surface area (Å²) >= 11 is 6.37. The summed E-state index contributed by atoms with van der Waals surface area (Å²) in [6, 6.07) is 15.2. The highest BCUT2D eigenvalue weighted by molar-refractivity contribution is 6.31. The molecule has 0 radical (unpaired) electrons. The van der Waals surface area contributed by atoms with Gasteiger partial charge >= 0.3 is 0 Å². The van der Waals surface area contributed by atoms with Crippen molar-refractivity contribution < 1.29 is 14.3 Å². The smallest absolute Gasteiger partial charge is 0.252 e. The van der Waals surface area contributed by atoms with Crippen LogP contribution in [0.5, 0.6) is 5.75 Å². The summed E-state index contributed by atoms with van der Waals surface area (Å²) in [5, 5.41) is 4.02. The first-order valence-corrected chi connectivity index (χ1v) is 9.48. The van der Waals surface area contributed by atoms with Crippen LogP contribution in [0.3, 0.4) is 0 Å². The maximum absolute atomic E-state index is 13.0. The van der Waals surface area contributed by atoms with Crippen LogP contribution < -0.4 is 10.1 Å². The Morgan fingerprint density at radius 1 is 1.29 bits per heavy atom. The zero-order valence-electron chi connectivity index (χ0n) is 16.1. The third kappa shape index (κ3) is 5.39. The number of benzene rings is 2. The molecular formula is C21H26Cl2N2O3. The maximum Gasteiger partial charge on any atom is 0.252 e. The Bertz CT molecular complexity index is 788. The van der Waals surface area contributed by atoms with E-state index in [1.165, 1.54) is 0 Å². The molecule has 2 unspecified atom stereocenters. The summed E-state index contributed by atoms with van der Waals surface area (Å²) in [6.07, 6.45) is -0.542. The van der Waals surface area contributed by atoms with Crippen molar-refractivity contribution in [1.29, 1.82) is 0 Å². The number of methoxy groups -OCH3 is 1. The molecule has 1 heterocycles. The van der Waals surface area contributed by atoms with Crippen molar-refractivity contribution in [2.24, 2.45) is 0 Å². The van der Waals surface area contributed by atoms with E-state index in [-0.39, 0.29) is 24.4 Å². The molecule has 1 aliphatic rings. The minimum Gasteiger partial charge on any atom is -0.497 e. The molecule has 1 N–H and O–H groups in total. The lowest BCUT2D eigenvalue weighted by molar-refractivity contribution is -0.146. The van der Waals surface area contributed by atoms with Crippen LogP contribution in [0.2, 0.25) is 5.02 Å². The minimum absolute atomic E-state index is 0. The number of rotatable bonds is 6. The van der Waals surface area contributed by atoms with E-state index in [9.17, 15) is 4.79 Å². The Morgan fingerprint density at radius 2 is 2.07 bits per heavy atom. The minimum atomic E-state index is -0.542. The lowest BCUT2D eigenvalue weighted by Crippen LogP contribution is -2.51. The quantitative estimate of drug-likeness (QED) is 0.764. The van der Waals surface area contributed by atoms with E-state index in [1.54, 1.807) is 14.0 Å². The van der Waals surface area contributed by atoms with Crippen molar-refractivity contribution in [2.75, 3.05) is 26.7 Å². The van der Waals surface area contributed by atoms with Crippen molar-refractivity contribution in [2.45, 2.75) is 25.7 Å². The van der Waals surface area contributed by atoms with Gasteiger partial charge in [-0.3, -0.25) is 4.79 Å². The number of hydrogen-bond donors (Lipinski definition) is 1. The molecule has 1 saturated heterocycles. The first kappa shape index (κ1) is 22.5. The normalized spacial score (nSPS) is 17.5. The molecule has 0 aliphatic carbocycles. The molecule has 0 bridgehead atoms. The van der Waals surface area contributed by atoms with Gasteiger partial charge < -0.3 is 19.7 Å². The van der Waals surface area contributed by atoms with Gasteiger partial charge in [-0.2, -0.15) is 0 Å². The molecule has 2 aromatic rings. The molecule has 0 aromatic heterocycles. The van der Waals surface area contributed by atoms with E-state index in [4.69, 9.17) is 21.1 Å². The Morgan fingerprint density at radius 3 is 2.82 bits per heavy atom. The first-order chi connectivity index (χ1) is 13.1. The molecule has 152 valence electrons. The standard InChI is InChI=1S/C21H25ClN2O3.ClH/c1-15(27-14-16-6-5-7-17(12-16)26-2)21(25)24-11-10-23-13-20(24)18-8-3-4-9-19(18)22;/h3-9,12,15,20,23H,10-11,13-14H2,1-2H3;1H. The SMILES string of the molecule is COc1cccc(COC(C)C(=O)N2CCNCC2c2ccccc2Cl)c1.Cl. The lowest BCUT2D eigenvalue weighted by atomic mass is 10.0. The fourth-order valence-corrected chi connectivity index (χ4v) is 3.54. The highest BCUT2D eigenvalue weighted by Gasteiger charge is 2.32. The monoisotopic (exact) mass is 424 g/mol. The van der Waals surface area contributed by atoms with Gasteiger partial charge in [0, 0.05) is 24.7 Å². The van der Waals surface area contributed by atoms with E-state index < -0.39 is 6.10 Å². The van der Waals surface area contributed by atoms with Gasteiger partial charge in [-0.15, -0.1) is 12.4 Å². The topological polar surface area (TPSA) is 50.8 Å². The highest BCUT2D eigenvalue weighted by atomic mass is 35.5. The van der Waals surface area contributed by atoms with E-state index >= 15 is 0 Å². The fraction of sp³-hybridized carbons (Fsp3) is 0.381. The van der Waals surface area contributed by atoms with E-state index in [2.05, 4.69) is 5.32 Å². The maximum atomic E-state index is 13.0. The van der Waals surface area contributed by atoms with Crippen molar-refractivity contribution in [3.63, 3.8) is 0 Å². The van der Waals surface area contributed by atoms with Crippen LogP contribution in [0.15, 0.2) is 48.5 Å². The molecule has 5 nitrogen and oxygen atoms in total. The number of nitrogens with one attached hydrogen (secondary N) is 1. The van der Waals surface area contributed by atoms with Crippen molar-refractivity contribution in [3.8, 4) is 5.75 Å². The summed E-state index contributed by atoms with van der Waals surface area (Å²) in [5.41, 5.74) is 1.93. The van der Waals surface area contributed by atoms with E-state index in [1.807, 2.05) is 53.4 Å². The summed E-state index contributed by atoms with van der Waals surface area (Å²) in [6.45, 7) is 4.22. The molecule has 3 rings (SSSR count). The zero-order valence-corrected chi connectivity index (χ0v) is 17.6. The van der Waals surface area contributed by atoms with Gasteiger partial charge in [-0.25, -0.2) is 0 Å². The summed E-state index contributed by atoms with van der Waals surface area (Å²) in [5.74, 6) is 0.750. The Hall–Kier alpha value is -1.79. The number of nitrogens with zero attached hydrogens (tertiary/aromatic N) is 1. The number of carbonyl (C=O) groups is 1. The average Bonchev–Trinajstić information content (AvgIpc) is 2.72. The van der Waals surface area contributed by atoms with Crippen molar-refractivity contribution in [1.82, 2.24) is 10.2 Å². The third-order valence-electron chi connectivity index (χ3n) is 4.77. The van der Waals surface area contributed by atoms with E-state index in [0.29, 0.717) is 24.7 Å². The average molecular weight is 425 g/mol. The van der Waals surface area contributed by atoms with Crippen LogP contribution in [0.25, 0.3) is 0 Å². The molecule has 1 amide bonds. The predicted molar refractivity (Wildman–Crippen MR) is 113 cm³/mol. The van der Waals surface area contributed by atoms with Crippen LogP contribution in [-0.2, 0) is 16.1 Å². The van der Waals surface area contributed by atoms with Gasteiger partial charge in [-0.1, -0.05) is 41.9 Å². The molecular weight excluding hydrogens is 399 g/mol. The van der Waals surface area contributed by atoms with Gasteiger partial charge in [-0.05, 0) is 36.2 Å². The number of amides is 1.